The molecule has 1 aliphatic carbocycles. The number of hydrogen-bond donors (Lipinski definition) is 0. The van der Waals surface area contributed by atoms with Crippen LogP contribution in [0.2, 0.25) is 0 Å². The van der Waals surface area contributed by atoms with Crippen molar-refractivity contribution in [2.75, 3.05) is 0 Å². The molecule has 6 heteroatoms. The Morgan fingerprint density at radius 1 is 1.37 bits per heavy atom. The van der Waals surface area contributed by atoms with E-state index in [-0.39, 0.29) is 12.5 Å². The fourth-order valence-electron chi connectivity index (χ4n) is 3.19. The minimum atomic E-state index is -2.43. The van der Waals surface area contributed by atoms with E-state index in [9.17, 15) is 18.4 Å². The summed E-state index contributed by atoms with van der Waals surface area (Å²) in [6, 6.07) is -1.07. The number of aldehydes is 1. The minimum Gasteiger partial charge on any atom is -0.444 e. The summed E-state index contributed by atoms with van der Waals surface area (Å²) in [4.78, 5) is 24.6. The smallest absolute Gasteiger partial charge is 0.411 e. The van der Waals surface area contributed by atoms with Crippen LogP contribution >= 0.6 is 0 Å². The van der Waals surface area contributed by atoms with E-state index in [0.717, 1.165) is 0 Å². The van der Waals surface area contributed by atoms with Crippen molar-refractivity contribution >= 4 is 12.4 Å². The van der Waals surface area contributed by atoms with Gasteiger partial charge in [-0.2, -0.15) is 0 Å². The zero-order valence-corrected chi connectivity index (χ0v) is 11.3. The van der Waals surface area contributed by atoms with Crippen LogP contribution in [-0.4, -0.2) is 41.4 Å². The Kier molecular flexibility index (Phi) is 3.53. The van der Waals surface area contributed by atoms with Gasteiger partial charge in [0.2, 0.25) is 6.43 Å². The fraction of sp³-hybridized carbons (Fsp3) is 0.846. The number of carbonyl (C=O) groups excluding carboxylic acids is 2. The number of amides is 1. The lowest BCUT2D eigenvalue weighted by Gasteiger charge is -2.36. The van der Waals surface area contributed by atoms with Crippen molar-refractivity contribution < 1.29 is 23.1 Å². The Morgan fingerprint density at radius 2 is 2.00 bits per heavy atom. The second kappa shape index (κ2) is 4.72. The number of piperidine rings is 1. The number of ether oxygens (including phenoxy) is 1. The molecule has 1 saturated carbocycles. The van der Waals surface area contributed by atoms with E-state index in [4.69, 9.17) is 4.74 Å². The molecule has 2 fully saturated rings. The van der Waals surface area contributed by atoms with Crippen LogP contribution in [0.5, 0.6) is 0 Å². The Morgan fingerprint density at radius 3 is 2.47 bits per heavy atom. The second-order valence-corrected chi connectivity index (χ2v) is 6.30. The predicted molar refractivity (Wildman–Crippen MR) is 63.9 cm³/mol. The molecule has 1 amide bonds. The van der Waals surface area contributed by atoms with E-state index in [0.29, 0.717) is 12.7 Å². The third kappa shape index (κ3) is 2.58. The topological polar surface area (TPSA) is 46.6 Å². The van der Waals surface area contributed by atoms with Crippen LogP contribution in [-0.2, 0) is 9.53 Å². The molecule has 0 radical (unpaired) electrons. The first kappa shape index (κ1) is 14.2. The van der Waals surface area contributed by atoms with E-state index in [1.165, 1.54) is 4.90 Å². The number of alkyl halides is 2. The summed E-state index contributed by atoms with van der Waals surface area (Å²) in [7, 11) is 0. The van der Waals surface area contributed by atoms with Gasteiger partial charge in [0.1, 0.15) is 11.9 Å². The molecule has 1 heterocycles. The van der Waals surface area contributed by atoms with E-state index in [1.54, 1.807) is 20.8 Å². The third-order valence-corrected chi connectivity index (χ3v) is 3.86. The summed E-state index contributed by atoms with van der Waals surface area (Å²) >= 11 is 0. The largest absolute Gasteiger partial charge is 0.444 e. The predicted octanol–water partition coefficient (Wildman–Crippen LogP) is 2.46. The Labute approximate surface area is 111 Å². The molecule has 0 N–H and O–H groups in total. The van der Waals surface area contributed by atoms with Crippen molar-refractivity contribution in [2.45, 2.75) is 57.7 Å². The molecule has 0 aromatic rings. The highest BCUT2D eigenvalue weighted by Crippen LogP contribution is 2.48. The zero-order chi connectivity index (χ0) is 14.4. The van der Waals surface area contributed by atoms with Crippen molar-refractivity contribution in [3.05, 3.63) is 0 Å². The molecule has 2 aliphatic rings. The molecule has 2 rings (SSSR count). The lowest BCUT2D eigenvalue weighted by molar-refractivity contribution is -0.116. The van der Waals surface area contributed by atoms with Gasteiger partial charge in [0.15, 0.2) is 0 Å². The van der Waals surface area contributed by atoms with Gasteiger partial charge in [0.05, 0.1) is 6.04 Å². The molecular formula is C13H19F2NO3. The summed E-state index contributed by atoms with van der Waals surface area (Å²) in [6.45, 7) is 5.20. The summed E-state index contributed by atoms with van der Waals surface area (Å²) < 4.78 is 31.0. The quantitative estimate of drug-likeness (QED) is 0.727. The maximum atomic E-state index is 12.9. The van der Waals surface area contributed by atoms with E-state index in [1.807, 2.05) is 0 Å². The van der Waals surface area contributed by atoms with E-state index >= 15 is 0 Å². The molecule has 0 aromatic carbocycles. The van der Waals surface area contributed by atoms with Crippen LogP contribution in [0.15, 0.2) is 0 Å². The average molecular weight is 275 g/mol. The first-order chi connectivity index (χ1) is 8.74. The fourth-order valence-corrected chi connectivity index (χ4v) is 3.19. The van der Waals surface area contributed by atoms with Gasteiger partial charge in [-0.25, -0.2) is 13.6 Å². The molecule has 0 unspecified atom stereocenters. The molecule has 19 heavy (non-hydrogen) atoms. The van der Waals surface area contributed by atoms with Crippen LogP contribution < -0.4 is 0 Å². The molecule has 1 aliphatic heterocycles. The van der Waals surface area contributed by atoms with E-state index < -0.39 is 36.0 Å². The molecular weight excluding hydrogens is 256 g/mol. The van der Waals surface area contributed by atoms with Crippen molar-refractivity contribution in [1.82, 2.24) is 4.90 Å². The highest BCUT2D eigenvalue weighted by atomic mass is 19.3. The van der Waals surface area contributed by atoms with Gasteiger partial charge in [-0.1, -0.05) is 0 Å². The van der Waals surface area contributed by atoms with Crippen molar-refractivity contribution in [3.8, 4) is 0 Å². The number of hydrogen-bond acceptors (Lipinski definition) is 3. The SMILES string of the molecule is CC(C)(C)OC(=O)N1[C@@H]2C[C@@H]([C@@H](C(F)F)C2)[C@@H]1C=O. The number of nitrogens with zero attached hydrogens (tertiary/aromatic N) is 1. The number of carbonyl (C=O) groups is 2. The minimum absolute atomic E-state index is 0.256. The van der Waals surface area contributed by atoms with Gasteiger partial charge in [-0.05, 0) is 39.5 Å². The molecule has 108 valence electrons. The number of likely N-dealkylation sites (tertiary alicyclic amines) is 1. The highest BCUT2D eigenvalue weighted by molar-refractivity contribution is 5.75. The second-order valence-electron chi connectivity index (χ2n) is 6.30. The Balaban J connectivity index is 2.13. The van der Waals surface area contributed by atoms with Crippen LogP contribution in [0.25, 0.3) is 0 Å². The van der Waals surface area contributed by atoms with Gasteiger partial charge < -0.3 is 9.53 Å². The molecule has 0 aromatic heterocycles. The zero-order valence-electron chi connectivity index (χ0n) is 11.3. The Bertz CT molecular complexity index is 381. The average Bonchev–Trinajstić information content (AvgIpc) is 2.82. The van der Waals surface area contributed by atoms with Gasteiger partial charge in [-0.15, -0.1) is 0 Å². The van der Waals surface area contributed by atoms with Gasteiger partial charge >= 0.3 is 6.09 Å². The lowest BCUT2D eigenvalue weighted by atomic mass is 9.89. The first-order valence-electron chi connectivity index (χ1n) is 6.49. The molecule has 4 nitrogen and oxygen atoms in total. The van der Waals surface area contributed by atoms with Crippen LogP contribution in [0.4, 0.5) is 13.6 Å². The maximum absolute atomic E-state index is 12.9. The molecule has 2 bridgehead atoms. The number of halogens is 2. The van der Waals surface area contributed by atoms with Gasteiger partial charge in [0.25, 0.3) is 0 Å². The Hall–Kier alpha value is -1.20. The maximum Gasteiger partial charge on any atom is 0.411 e. The highest BCUT2D eigenvalue weighted by Gasteiger charge is 2.56. The van der Waals surface area contributed by atoms with Crippen LogP contribution in [0.1, 0.15) is 33.6 Å². The normalized spacial score (nSPS) is 33.9. The van der Waals surface area contributed by atoms with Crippen LogP contribution in [0, 0.1) is 11.8 Å². The summed E-state index contributed by atoms with van der Waals surface area (Å²) in [6.07, 6.45) is -1.68. The van der Waals surface area contributed by atoms with Gasteiger partial charge in [-0.3, -0.25) is 4.90 Å². The van der Waals surface area contributed by atoms with Crippen molar-refractivity contribution in [3.63, 3.8) is 0 Å². The number of rotatable bonds is 2. The third-order valence-electron chi connectivity index (χ3n) is 3.86. The monoisotopic (exact) mass is 275 g/mol. The summed E-state index contributed by atoms with van der Waals surface area (Å²) in [5.41, 5.74) is -0.658. The first-order valence-corrected chi connectivity index (χ1v) is 6.49. The summed E-state index contributed by atoms with van der Waals surface area (Å²) in [5, 5.41) is 0. The molecule has 1 saturated heterocycles. The van der Waals surface area contributed by atoms with Crippen molar-refractivity contribution in [1.29, 1.82) is 0 Å². The van der Waals surface area contributed by atoms with Crippen LogP contribution in [0.3, 0.4) is 0 Å². The van der Waals surface area contributed by atoms with Crippen molar-refractivity contribution in [2.24, 2.45) is 11.8 Å². The standard InChI is InChI=1S/C13H19F2NO3/c1-13(2,3)19-12(18)16-7-4-8(10(16)6-17)9(5-7)11(14)15/h6-11H,4-5H2,1-3H3/t7-,8+,9+,10+/m1/s1. The number of fused-ring (bicyclic) bond motifs is 2. The molecule has 0 spiro atoms. The lowest BCUT2D eigenvalue weighted by Crippen LogP contribution is -2.50. The molecule has 4 atom stereocenters. The van der Waals surface area contributed by atoms with Gasteiger partial charge in [0, 0.05) is 12.0 Å². The van der Waals surface area contributed by atoms with E-state index in [2.05, 4.69) is 0 Å². The summed E-state index contributed by atoms with van der Waals surface area (Å²) in [5.74, 6) is -1.21.